The van der Waals surface area contributed by atoms with Gasteiger partial charge in [0.2, 0.25) is 0 Å². The van der Waals surface area contributed by atoms with Crippen molar-refractivity contribution in [2.75, 3.05) is 5.88 Å². The van der Waals surface area contributed by atoms with Crippen molar-refractivity contribution in [1.29, 1.82) is 0 Å². The molecular weight excluding hydrogens is 359 g/mol. The summed E-state index contributed by atoms with van der Waals surface area (Å²) < 4.78 is 3.09. The molecule has 0 radical (unpaired) electrons. The third-order valence-electron chi connectivity index (χ3n) is 3.08. The Morgan fingerprint density at radius 1 is 1.15 bits per heavy atom. The summed E-state index contributed by atoms with van der Waals surface area (Å²) in [7, 11) is 0. The van der Waals surface area contributed by atoms with Gasteiger partial charge in [0.1, 0.15) is 5.82 Å². The number of benzene rings is 2. The Hall–Kier alpha value is -1.03. The molecule has 1 aromatic heterocycles. The summed E-state index contributed by atoms with van der Waals surface area (Å²) in [6.07, 6.45) is 0.694. The van der Waals surface area contributed by atoms with Gasteiger partial charge in [0.05, 0.1) is 16.1 Å². The number of para-hydroxylation sites is 1. The predicted octanol–water partition coefficient (Wildman–Crippen LogP) is 5.22. The number of nitrogens with zero attached hydrogens (tertiary/aromatic N) is 2. The van der Waals surface area contributed by atoms with Gasteiger partial charge in [-0.2, -0.15) is 0 Å². The molecule has 2 aromatic carbocycles. The summed E-state index contributed by atoms with van der Waals surface area (Å²) in [5, 5.41) is 0.691. The van der Waals surface area contributed by atoms with Crippen molar-refractivity contribution in [2.24, 2.45) is 0 Å². The van der Waals surface area contributed by atoms with Gasteiger partial charge in [-0.05, 0) is 30.3 Å². The lowest BCUT2D eigenvalue weighted by atomic mass is 10.2. The van der Waals surface area contributed by atoms with Crippen LogP contribution in [0.25, 0.3) is 16.7 Å². The van der Waals surface area contributed by atoms with Crippen molar-refractivity contribution < 1.29 is 0 Å². The third-order valence-corrected chi connectivity index (χ3v) is 4.07. The molecule has 0 spiro atoms. The number of aryl methyl sites for hydroxylation is 1. The average Bonchev–Trinajstić information content (AvgIpc) is 2.79. The van der Waals surface area contributed by atoms with E-state index in [0.717, 1.165) is 27.0 Å². The molecule has 102 valence electrons. The largest absolute Gasteiger partial charge is 0.295 e. The van der Waals surface area contributed by atoms with Crippen molar-refractivity contribution >= 4 is 50.2 Å². The zero-order valence-electron chi connectivity index (χ0n) is 10.5. The number of aromatic nitrogens is 2. The van der Waals surface area contributed by atoms with E-state index in [1.54, 1.807) is 0 Å². The van der Waals surface area contributed by atoms with Crippen LogP contribution in [-0.4, -0.2) is 15.4 Å². The molecule has 0 atom stereocenters. The van der Waals surface area contributed by atoms with Crippen molar-refractivity contribution in [3.63, 3.8) is 0 Å². The van der Waals surface area contributed by atoms with Crippen molar-refractivity contribution in [3.8, 4) is 5.69 Å². The van der Waals surface area contributed by atoms with Crippen molar-refractivity contribution in [3.05, 3.63) is 57.8 Å². The minimum absolute atomic E-state index is 0.523. The second-order valence-corrected chi connectivity index (χ2v) is 6.09. The summed E-state index contributed by atoms with van der Waals surface area (Å²) in [6.45, 7) is 0. The van der Waals surface area contributed by atoms with Gasteiger partial charge < -0.3 is 0 Å². The first-order chi connectivity index (χ1) is 9.70. The molecule has 0 saturated carbocycles. The zero-order chi connectivity index (χ0) is 14.1. The lowest BCUT2D eigenvalue weighted by Gasteiger charge is -2.09. The molecule has 0 bridgehead atoms. The Kier molecular flexibility index (Phi) is 4.01. The van der Waals surface area contributed by atoms with Crippen molar-refractivity contribution in [1.82, 2.24) is 9.55 Å². The number of hydrogen-bond donors (Lipinski definition) is 0. The van der Waals surface area contributed by atoms with Gasteiger partial charge in [-0.25, -0.2) is 4.98 Å². The van der Waals surface area contributed by atoms with Gasteiger partial charge in [0.15, 0.2) is 0 Å². The van der Waals surface area contributed by atoms with Crippen LogP contribution in [0.1, 0.15) is 5.82 Å². The maximum absolute atomic E-state index is 6.36. The molecule has 0 saturated heterocycles. The fraction of sp³-hybridized carbons (Fsp3) is 0.133. The predicted molar refractivity (Wildman–Crippen MR) is 88.2 cm³/mol. The second-order valence-electron chi connectivity index (χ2n) is 4.39. The van der Waals surface area contributed by atoms with Crippen LogP contribution in [0.5, 0.6) is 0 Å². The highest BCUT2D eigenvalue weighted by Gasteiger charge is 2.14. The van der Waals surface area contributed by atoms with Crippen LogP contribution >= 0.6 is 39.1 Å². The molecule has 0 fully saturated rings. The first-order valence-corrected chi connectivity index (χ1v) is 7.89. The molecule has 0 aliphatic rings. The van der Waals surface area contributed by atoms with Crippen LogP contribution in [0.15, 0.2) is 46.9 Å². The smallest absolute Gasteiger partial charge is 0.115 e. The summed E-state index contributed by atoms with van der Waals surface area (Å²) >= 11 is 15.8. The number of halogens is 3. The molecule has 5 heteroatoms. The highest BCUT2D eigenvalue weighted by Crippen LogP contribution is 2.29. The number of imidazole rings is 1. The molecule has 1 heterocycles. The molecule has 0 N–H and O–H groups in total. The van der Waals surface area contributed by atoms with E-state index in [1.807, 2.05) is 42.5 Å². The van der Waals surface area contributed by atoms with Gasteiger partial charge in [-0.15, -0.1) is 11.6 Å². The quantitative estimate of drug-likeness (QED) is 0.578. The maximum Gasteiger partial charge on any atom is 0.115 e. The molecule has 20 heavy (non-hydrogen) atoms. The minimum atomic E-state index is 0.523. The third kappa shape index (κ3) is 2.46. The first-order valence-electron chi connectivity index (χ1n) is 6.18. The van der Waals surface area contributed by atoms with Crippen molar-refractivity contribution in [2.45, 2.75) is 6.42 Å². The van der Waals surface area contributed by atoms with Crippen LogP contribution < -0.4 is 0 Å². The Bertz CT molecular complexity index is 768. The Morgan fingerprint density at radius 2 is 1.95 bits per heavy atom. The van der Waals surface area contributed by atoms with Crippen LogP contribution in [0.2, 0.25) is 5.02 Å². The maximum atomic E-state index is 6.36. The van der Waals surface area contributed by atoms with E-state index in [1.165, 1.54) is 0 Å². The van der Waals surface area contributed by atoms with E-state index in [2.05, 4.69) is 25.5 Å². The van der Waals surface area contributed by atoms with E-state index in [9.17, 15) is 0 Å². The Balaban J connectivity index is 2.34. The standard InChI is InChI=1S/C15H11BrCl2N2/c16-10-3-1-4-11(9-10)20-14(7-8-17)19-13-6-2-5-12(18)15(13)20/h1-6,9H,7-8H2. The molecule has 0 aliphatic carbocycles. The van der Waals surface area contributed by atoms with E-state index in [0.29, 0.717) is 17.3 Å². The van der Waals surface area contributed by atoms with Gasteiger partial charge in [0.25, 0.3) is 0 Å². The van der Waals surface area contributed by atoms with Gasteiger partial charge in [0, 0.05) is 22.5 Å². The normalized spacial score (nSPS) is 11.2. The molecule has 2 nitrogen and oxygen atoms in total. The fourth-order valence-corrected chi connectivity index (χ4v) is 3.09. The van der Waals surface area contributed by atoms with Gasteiger partial charge in [-0.3, -0.25) is 4.57 Å². The topological polar surface area (TPSA) is 17.8 Å². The molecule has 3 rings (SSSR count). The van der Waals surface area contributed by atoms with Gasteiger partial charge >= 0.3 is 0 Å². The lowest BCUT2D eigenvalue weighted by molar-refractivity contribution is 0.912. The van der Waals surface area contributed by atoms with Crippen LogP contribution in [-0.2, 0) is 6.42 Å². The molecule has 0 aliphatic heterocycles. The summed E-state index contributed by atoms with van der Waals surface area (Å²) in [5.74, 6) is 1.44. The number of fused-ring (bicyclic) bond motifs is 1. The SMILES string of the molecule is ClCCc1nc2cccc(Cl)c2n1-c1cccc(Br)c1. The number of rotatable bonds is 3. The molecule has 0 unspecified atom stereocenters. The van der Waals surface area contributed by atoms with Gasteiger partial charge in [-0.1, -0.05) is 39.7 Å². The van der Waals surface area contributed by atoms with E-state index in [4.69, 9.17) is 23.2 Å². The van der Waals surface area contributed by atoms with Crippen LogP contribution in [0.3, 0.4) is 0 Å². The van der Waals surface area contributed by atoms with E-state index in [-0.39, 0.29) is 0 Å². The second kappa shape index (κ2) is 5.76. The fourth-order valence-electron chi connectivity index (χ4n) is 2.28. The monoisotopic (exact) mass is 368 g/mol. The molecule has 3 aromatic rings. The van der Waals surface area contributed by atoms with Crippen LogP contribution in [0, 0.1) is 0 Å². The highest BCUT2D eigenvalue weighted by molar-refractivity contribution is 9.10. The highest BCUT2D eigenvalue weighted by atomic mass is 79.9. The summed E-state index contributed by atoms with van der Waals surface area (Å²) in [4.78, 5) is 4.65. The summed E-state index contributed by atoms with van der Waals surface area (Å²) in [6, 6.07) is 13.8. The number of hydrogen-bond acceptors (Lipinski definition) is 1. The van der Waals surface area contributed by atoms with Crippen LogP contribution in [0.4, 0.5) is 0 Å². The number of alkyl halides is 1. The summed E-state index contributed by atoms with van der Waals surface area (Å²) in [5.41, 5.74) is 2.83. The Morgan fingerprint density at radius 3 is 2.70 bits per heavy atom. The molecular formula is C15H11BrCl2N2. The Labute approximate surface area is 135 Å². The minimum Gasteiger partial charge on any atom is -0.295 e. The van der Waals surface area contributed by atoms with E-state index < -0.39 is 0 Å². The average molecular weight is 370 g/mol. The first kappa shape index (κ1) is 13.9. The molecule has 0 amide bonds. The zero-order valence-corrected chi connectivity index (χ0v) is 13.6. The lowest BCUT2D eigenvalue weighted by Crippen LogP contribution is -2.02. The van der Waals surface area contributed by atoms with E-state index >= 15 is 0 Å².